The zero-order chi connectivity index (χ0) is 12.0. The maximum Gasteiger partial charge on any atom is 0.0101 e. The quantitative estimate of drug-likeness (QED) is 0.757. The Balaban J connectivity index is 2.31. The van der Waals surface area contributed by atoms with Gasteiger partial charge in [-0.2, -0.15) is 0 Å². The minimum atomic E-state index is 0.589. The Bertz CT molecular complexity index is 309. The maximum atomic E-state index is 3.48. The minimum absolute atomic E-state index is 0.589. The second kappa shape index (κ2) is 6.97. The molecular weight excluding hydrogens is 214 g/mol. The van der Waals surface area contributed by atoms with Gasteiger partial charge in [-0.1, -0.05) is 39.0 Å². The van der Waals surface area contributed by atoms with Crippen molar-refractivity contribution < 1.29 is 0 Å². The third-order valence-corrected chi connectivity index (χ3v) is 4.00. The number of benzene rings is 1. The van der Waals surface area contributed by atoms with Crippen LogP contribution in [0.15, 0.2) is 29.2 Å². The van der Waals surface area contributed by atoms with Crippen molar-refractivity contribution in [1.82, 2.24) is 5.32 Å². The van der Waals surface area contributed by atoms with Gasteiger partial charge in [0.1, 0.15) is 0 Å². The highest BCUT2D eigenvalue weighted by molar-refractivity contribution is 7.99. The maximum absolute atomic E-state index is 3.48. The van der Waals surface area contributed by atoms with Crippen molar-refractivity contribution >= 4 is 11.8 Å². The van der Waals surface area contributed by atoms with E-state index in [0.717, 1.165) is 6.54 Å². The van der Waals surface area contributed by atoms with E-state index in [2.05, 4.69) is 57.3 Å². The van der Waals surface area contributed by atoms with Crippen LogP contribution in [-0.2, 0) is 0 Å². The molecule has 0 heterocycles. The lowest BCUT2D eigenvalue weighted by Crippen LogP contribution is -2.28. The summed E-state index contributed by atoms with van der Waals surface area (Å²) in [5, 5.41) is 3.48. The average molecular weight is 237 g/mol. The van der Waals surface area contributed by atoms with Gasteiger partial charge < -0.3 is 5.32 Å². The van der Waals surface area contributed by atoms with Gasteiger partial charge in [-0.3, -0.25) is 0 Å². The van der Waals surface area contributed by atoms with Crippen LogP contribution >= 0.6 is 11.8 Å². The molecule has 1 unspecified atom stereocenters. The lowest BCUT2D eigenvalue weighted by atomic mass is 10.2. The molecule has 0 amide bonds. The van der Waals surface area contributed by atoms with Crippen LogP contribution in [0.5, 0.6) is 0 Å². The van der Waals surface area contributed by atoms with E-state index in [0.29, 0.717) is 12.0 Å². The molecule has 0 fully saturated rings. The molecule has 1 N–H and O–H groups in total. The molecule has 90 valence electrons. The molecule has 0 saturated heterocycles. The highest BCUT2D eigenvalue weighted by Crippen LogP contribution is 2.23. The predicted octanol–water partition coefficient (Wildman–Crippen LogP) is 3.72. The Labute approximate surface area is 104 Å². The molecule has 0 aliphatic rings. The summed E-state index contributed by atoms with van der Waals surface area (Å²) in [5.74, 6) is 1.90. The van der Waals surface area contributed by atoms with Gasteiger partial charge in [0.25, 0.3) is 0 Å². The van der Waals surface area contributed by atoms with Gasteiger partial charge in [0, 0.05) is 16.7 Å². The van der Waals surface area contributed by atoms with Crippen LogP contribution in [0.3, 0.4) is 0 Å². The molecule has 1 aromatic carbocycles. The van der Waals surface area contributed by atoms with Crippen LogP contribution in [-0.4, -0.2) is 18.3 Å². The fourth-order valence-corrected chi connectivity index (χ4v) is 2.50. The normalized spacial score (nSPS) is 13.1. The number of nitrogens with one attached hydrogen (secondary N) is 1. The molecular formula is C14H23NS. The van der Waals surface area contributed by atoms with Crippen LogP contribution in [0.1, 0.15) is 26.3 Å². The number of hydrogen-bond acceptors (Lipinski definition) is 2. The second-order valence-corrected chi connectivity index (χ2v) is 5.81. The third kappa shape index (κ3) is 5.04. The van der Waals surface area contributed by atoms with Crippen molar-refractivity contribution in [3.8, 4) is 0 Å². The zero-order valence-corrected chi connectivity index (χ0v) is 11.6. The third-order valence-electron chi connectivity index (χ3n) is 2.49. The molecule has 0 spiro atoms. The van der Waals surface area contributed by atoms with Crippen molar-refractivity contribution in [3.05, 3.63) is 29.8 Å². The summed E-state index contributed by atoms with van der Waals surface area (Å²) in [4.78, 5) is 1.42. The predicted molar refractivity (Wildman–Crippen MR) is 74.2 cm³/mol. The number of thioether (sulfide) groups is 1. The molecule has 0 radical (unpaired) electrons. The first-order valence-electron chi connectivity index (χ1n) is 6.01. The summed E-state index contributed by atoms with van der Waals surface area (Å²) >= 11 is 1.97. The van der Waals surface area contributed by atoms with E-state index >= 15 is 0 Å². The largest absolute Gasteiger partial charge is 0.314 e. The molecule has 1 atom stereocenters. The van der Waals surface area contributed by atoms with Gasteiger partial charge in [0.15, 0.2) is 0 Å². The van der Waals surface area contributed by atoms with E-state index in [1.54, 1.807) is 0 Å². The van der Waals surface area contributed by atoms with Crippen molar-refractivity contribution in [2.24, 2.45) is 5.92 Å². The molecule has 16 heavy (non-hydrogen) atoms. The Hall–Kier alpha value is -0.470. The lowest BCUT2D eigenvalue weighted by molar-refractivity contribution is 0.510. The molecule has 1 nitrogen and oxygen atoms in total. The van der Waals surface area contributed by atoms with Crippen LogP contribution in [0.2, 0.25) is 0 Å². The molecule has 0 aliphatic heterocycles. The zero-order valence-electron chi connectivity index (χ0n) is 10.8. The van der Waals surface area contributed by atoms with E-state index in [-0.39, 0.29) is 0 Å². The van der Waals surface area contributed by atoms with Crippen molar-refractivity contribution in [2.45, 2.75) is 38.6 Å². The Morgan fingerprint density at radius 1 is 1.19 bits per heavy atom. The standard InChI is InChI=1S/C14H23NS/c1-11(2)15-9-12(3)10-16-14-8-6-5-7-13(14)4/h5-8,11-12,15H,9-10H2,1-4H3. The first-order chi connectivity index (χ1) is 7.59. The van der Waals surface area contributed by atoms with Gasteiger partial charge in [-0.05, 0) is 31.0 Å². The van der Waals surface area contributed by atoms with Gasteiger partial charge >= 0.3 is 0 Å². The number of rotatable bonds is 6. The van der Waals surface area contributed by atoms with E-state index in [1.165, 1.54) is 16.2 Å². The van der Waals surface area contributed by atoms with Crippen LogP contribution in [0, 0.1) is 12.8 Å². The highest BCUT2D eigenvalue weighted by Gasteiger charge is 2.05. The van der Waals surface area contributed by atoms with Crippen molar-refractivity contribution in [3.63, 3.8) is 0 Å². The molecule has 0 aliphatic carbocycles. The topological polar surface area (TPSA) is 12.0 Å². The second-order valence-electron chi connectivity index (χ2n) is 4.74. The fourth-order valence-electron chi connectivity index (χ4n) is 1.45. The highest BCUT2D eigenvalue weighted by atomic mass is 32.2. The molecule has 1 rings (SSSR count). The van der Waals surface area contributed by atoms with Crippen LogP contribution in [0.4, 0.5) is 0 Å². The Kier molecular flexibility index (Phi) is 5.93. The molecule has 0 aromatic heterocycles. The SMILES string of the molecule is Cc1ccccc1SCC(C)CNC(C)C. The summed E-state index contributed by atoms with van der Waals surface area (Å²) in [6, 6.07) is 9.20. The van der Waals surface area contributed by atoms with E-state index in [9.17, 15) is 0 Å². The smallest absolute Gasteiger partial charge is 0.0101 e. The molecule has 2 heteroatoms. The van der Waals surface area contributed by atoms with Crippen LogP contribution in [0.25, 0.3) is 0 Å². The Morgan fingerprint density at radius 3 is 2.50 bits per heavy atom. The van der Waals surface area contributed by atoms with Gasteiger partial charge in [-0.15, -0.1) is 11.8 Å². The van der Waals surface area contributed by atoms with E-state index < -0.39 is 0 Å². The fraction of sp³-hybridized carbons (Fsp3) is 0.571. The average Bonchev–Trinajstić information content (AvgIpc) is 2.25. The molecule has 0 saturated carbocycles. The Morgan fingerprint density at radius 2 is 1.88 bits per heavy atom. The summed E-state index contributed by atoms with van der Waals surface area (Å²) < 4.78 is 0. The first-order valence-corrected chi connectivity index (χ1v) is 7.00. The van der Waals surface area contributed by atoms with E-state index in [1.807, 2.05) is 11.8 Å². The molecule has 1 aromatic rings. The summed E-state index contributed by atoms with van der Waals surface area (Å²) in [7, 11) is 0. The first kappa shape index (κ1) is 13.6. The van der Waals surface area contributed by atoms with Gasteiger partial charge in [0.2, 0.25) is 0 Å². The summed E-state index contributed by atoms with van der Waals surface area (Å²) in [6.07, 6.45) is 0. The van der Waals surface area contributed by atoms with Crippen molar-refractivity contribution in [2.75, 3.05) is 12.3 Å². The monoisotopic (exact) mass is 237 g/mol. The van der Waals surface area contributed by atoms with Gasteiger partial charge in [0.05, 0.1) is 0 Å². The molecule has 0 bridgehead atoms. The summed E-state index contributed by atoms with van der Waals surface area (Å²) in [6.45, 7) is 9.99. The minimum Gasteiger partial charge on any atom is -0.314 e. The lowest BCUT2D eigenvalue weighted by Gasteiger charge is -2.15. The van der Waals surface area contributed by atoms with E-state index in [4.69, 9.17) is 0 Å². The number of aryl methyl sites for hydroxylation is 1. The number of hydrogen-bond donors (Lipinski definition) is 1. The summed E-state index contributed by atoms with van der Waals surface area (Å²) in [5.41, 5.74) is 1.39. The van der Waals surface area contributed by atoms with Gasteiger partial charge in [-0.25, -0.2) is 0 Å². The van der Waals surface area contributed by atoms with Crippen LogP contribution < -0.4 is 5.32 Å². The van der Waals surface area contributed by atoms with Crippen molar-refractivity contribution in [1.29, 1.82) is 0 Å².